The van der Waals surface area contributed by atoms with Gasteiger partial charge >= 0.3 is 0 Å². The fraction of sp³-hybridized carbons (Fsp3) is 0.538. The van der Waals surface area contributed by atoms with E-state index in [2.05, 4.69) is 37.4 Å². The van der Waals surface area contributed by atoms with Crippen LogP contribution in [0.15, 0.2) is 30.3 Å². The van der Waals surface area contributed by atoms with Gasteiger partial charge in [0.2, 0.25) is 0 Å². The summed E-state index contributed by atoms with van der Waals surface area (Å²) in [6.07, 6.45) is 2.47. The smallest absolute Gasteiger partial charge is 0.104 e. The molecule has 0 bridgehead atoms. The number of nitrogens with zero attached hydrogens (tertiary/aromatic N) is 1. The SMILES string of the molecule is C[N+]1(Cc2ccccc2)CCCC(N)C1. The van der Waals surface area contributed by atoms with E-state index in [0.29, 0.717) is 6.04 Å². The minimum absolute atomic E-state index is 0.396. The number of hydrogen-bond donors (Lipinski definition) is 1. The van der Waals surface area contributed by atoms with Crippen molar-refractivity contribution in [3.8, 4) is 0 Å². The van der Waals surface area contributed by atoms with Crippen molar-refractivity contribution in [1.82, 2.24) is 0 Å². The predicted molar refractivity (Wildman–Crippen MR) is 63.3 cm³/mol. The van der Waals surface area contributed by atoms with Crippen LogP contribution in [-0.4, -0.2) is 30.7 Å². The maximum atomic E-state index is 6.05. The summed E-state index contributed by atoms with van der Waals surface area (Å²) in [7, 11) is 2.33. The van der Waals surface area contributed by atoms with Crippen LogP contribution in [0.25, 0.3) is 0 Å². The van der Waals surface area contributed by atoms with Gasteiger partial charge in [-0.05, 0) is 12.8 Å². The Bertz CT molecular complexity index is 310. The van der Waals surface area contributed by atoms with Crippen molar-refractivity contribution in [1.29, 1.82) is 0 Å². The highest BCUT2D eigenvalue weighted by Gasteiger charge is 2.29. The molecule has 15 heavy (non-hydrogen) atoms. The lowest BCUT2D eigenvalue weighted by Crippen LogP contribution is -2.54. The summed E-state index contributed by atoms with van der Waals surface area (Å²) < 4.78 is 1.10. The fourth-order valence-corrected chi connectivity index (χ4v) is 2.65. The van der Waals surface area contributed by atoms with Crippen molar-refractivity contribution in [2.24, 2.45) is 5.73 Å². The second-order valence-corrected chi connectivity index (χ2v) is 5.07. The molecule has 2 unspecified atom stereocenters. The third-order valence-corrected chi connectivity index (χ3v) is 3.36. The fourth-order valence-electron chi connectivity index (χ4n) is 2.65. The Labute approximate surface area is 92.3 Å². The van der Waals surface area contributed by atoms with E-state index < -0.39 is 0 Å². The maximum absolute atomic E-state index is 6.05. The third kappa shape index (κ3) is 2.80. The molecule has 1 saturated heterocycles. The van der Waals surface area contributed by atoms with Gasteiger partial charge in [-0.2, -0.15) is 0 Å². The van der Waals surface area contributed by atoms with E-state index in [9.17, 15) is 0 Å². The summed E-state index contributed by atoms with van der Waals surface area (Å²) in [5.41, 5.74) is 7.47. The van der Waals surface area contributed by atoms with Crippen LogP contribution < -0.4 is 5.73 Å². The average Bonchev–Trinajstić information content (AvgIpc) is 2.18. The largest absolute Gasteiger partial charge is 0.323 e. The van der Waals surface area contributed by atoms with E-state index in [1.165, 1.54) is 24.9 Å². The van der Waals surface area contributed by atoms with Crippen LogP contribution in [0.4, 0.5) is 0 Å². The molecule has 2 atom stereocenters. The highest BCUT2D eigenvalue weighted by atomic mass is 15.3. The molecule has 2 N–H and O–H groups in total. The van der Waals surface area contributed by atoms with E-state index in [-0.39, 0.29) is 0 Å². The van der Waals surface area contributed by atoms with Crippen molar-refractivity contribution in [2.75, 3.05) is 20.1 Å². The molecule has 0 aromatic heterocycles. The number of benzene rings is 1. The van der Waals surface area contributed by atoms with Crippen LogP contribution in [0.2, 0.25) is 0 Å². The summed E-state index contributed by atoms with van der Waals surface area (Å²) in [6.45, 7) is 3.51. The zero-order valence-electron chi connectivity index (χ0n) is 9.52. The summed E-state index contributed by atoms with van der Waals surface area (Å²) in [5, 5.41) is 0. The van der Waals surface area contributed by atoms with Crippen LogP contribution in [0, 0.1) is 0 Å². The quantitative estimate of drug-likeness (QED) is 0.731. The summed E-state index contributed by atoms with van der Waals surface area (Å²) in [6, 6.07) is 11.1. The molecule has 1 aliphatic heterocycles. The highest BCUT2D eigenvalue weighted by molar-refractivity contribution is 5.13. The molecule has 1 aliphatic rings. The molecule has 1 heterocycles. The lowest BCUT2D eigenvalue weighted by molar-refractivity contribution is -0.927. The van der Waals surface area contributed by atoms with E-state index in [1.54, 1.807) is 0 Å². The van der Waals surface area contributed by atoms with Crippen molar-refractivity contribution < 1.29 is 4.48 Å². The molecule has 0 spiro atoms. The van der Waals surface area contributed by atoms with Gasteiger partial charge in [0, 0.05) is 5.56 Å². The zero-order chi connectivity index (χ0) is 10.7. The molecule has 0 aliphatic carbocycles. The molecule has 2 heteroatoms. The first-order valence-electron chi connectivity index (χ1n) is 5.81. The topological polar surface area (TPSA) is 26.0 Å². The van der Waals surface area contributed by atoms with Crippen molar-refractivity contribution in [3.05, 3.63) is 35.9 Å². The Kier molecular flexibility index (Phi) is 3.08. The van der Waals surface area contributed by atoms with Gasteiger partial charge < -0.3 is 10.2 Å². The molecule has 1 aromatic rings. The van der Waals surface area contributed by atoms with E-state index in [0.717, 1.165) is 17.6 Å². The Morgan fingerprint density at radius 1 is 1.33 bits per heavy atom. The summed E-state index contributed by atoms with van der Waals surface area (Å²) >= 11 is 0. The monoisotopic (exact) mass is 205 g/mol. The van der Waals surface area contributed by atoms with E-state index in [4.69, 9.17) is 5.73 Å². The molecular formula is C13H21N2+. The van der Waals surface area contributed by atoms with Crippen LogP contribution >= 0.6 is 0 Å². The molecule has 1 fully saturated rings. The molecule has 2 nitrogen and oxygen atoms in total. The highest BCUT2D eigenvalue weighted by Crippen LogP contribution is 2.19. The number of quaternary nitrogens is 1. The van der Waals surface area contributed by atoms with Crippen molar-refractivity contribution in [2.45, 2.75) is 25.4 Å². The first kappa shape index (κ1) is 10.7. The van der Waals surface area contributed by atoms with Crippen LogP contribution in [0.3, 0.4) is 0 Å². The Morgan fingerprint density at radius 2 is 2.07 bits per heavy atom. The second kappa shape index (κ2) is 4.33. The summed E-state index contributed by atoms with van der Waals surface area (Å²) in [5.74, 6) is 0. The normalized spacial score (nSPS) is 31.5. The van der Waals surface area contributed by atoms with E-state index >= 15 is 0 Å². The third-order valence-electron chi connectivity index (χ3n) is 3.36. The molecule has 2 rings (SSSR count). The number of piperidine rings is 1. The van der Waals surface area contributed by atoms with Gasteiger partial charge in [0.05, 0.1) is 26.2 Å². The van der Waals surface area contributed by atoms with Crippen LogP contribution in [-0.2, 0) is 6.54 Å². The first-order valence-corrected chi connectivity index (χ1v) is 5.81. The molecule has 82 valence electrons. The zero-order valence-corrected chi connectivity index (χ0v) is 9.52. The number of hydrogen-bond acceptors (Lipinski definition) is 1. The molecule has 0 radical (unpaired) electrons. The van der Waals surface area contributed by atoms with Gasteiger partial charge in [-0.15, -0.1) is 0 Å². The van der Waals surface area contributed by atoms with Gasteiger partial charge in [-0.25, -0.2) is 0 Å². The maximum Gasteiger partial charge on any atom is 0.104 e. The Balaban J connectivity index is 2.04. The van der Waals surface area contributed by atoms with Crippen molar-refractivity contribution in [3.63, 3.8) is 0 Å². The average molecular weight is 205 g/mol. The molecule has 0 saturated carbocycles. The van der Waals surface area contributed by atoms with Gasteiger partial charge in [0.1, 0.15) is 6.54 Å². The second-order valence-electron chi connectivity index (χ2n) is 5.07. The Hall–Kier alpha value is -0.860. The predicted octanol–water partition coefficient (Wildman–Crippen LogP) is 1.75. The van der Waals surface area contributed by atoms with Crippen LogP contribution in [0.5, 0.6) is 0 Å². The van der Waals surface area contributed by atoms with Crippen LogP contribution in [0.1, 0.15) is 18.4 Å². The van der Waals surface area contributed by atoms with Gasteiger partial charge in [0.15, 0.2) is 0 Å². The molecular weight excluding hydrogens is 184 g/mol. The Morgan fingerprint density at radius 3 is 2.73 bits per heavy atom. The minimum Gasteiger partial charge on any atom is -0.323 e. The van der Waals surface area contributed by atoms with Gasteiger partial charge in [-0.1, -0.05) is 30.3 Å². The van der Waals surface area contributed by atoms with Gasteiger partial charge in [0.25, 0.3) is 0 Å². The van der Waals surface area contributed by atoms with Crippen molar-refractivity contribution >= 4 is 0 Å². The standard InChI is InChI=1S/C13H21N2/c1-15(9-5-8-13(14)11-15)10-12-6-3-2-4-7-12/h2-4,6-7,13H,5,8-11,14H2,1H3/q+1. The lowest BCUT2D eigenvalue weighted by atomic mass is 10.0. The molecule has 1 aromatic carbocycles. The summed E-state index contributed by atoms with van der Waals surface area (Å²) in [4.78, 5) is 0. The minimum atomic E-state index is 0.396. The number of likely N-dealkylation sites (tertiary alicyclic amines) is 1. The lowest BCUT2D eigenvalue weighted by Gasteiger charge is -2.40. The molecule has 0 amide bonds. The number of rotatable bonds is 2. The van der Waals surface area contributed by atoms with E-state index in [1.807, 2.05) is 0 Å². The number of nitrogens with two attached hydrogens (primary N) is 1. The number of likely N-dealkylation sites (N-methyl/N-ethyl adjacent to an activating group) is 1. The first-order chi connectivity index (χ1) is 7.18. The van der Waals surface area contributed by atoms with Gasteiger partial charge in [-0.3, -0.25) is 0 Å².